The Morgan fingerprint density at radius 1 is 1.12 bits per heavy atom. The lowest BCUT2D eigenvalue weighted by Gasteiger charge is -2.21. The fourth-order valence-corrected chi connectivity index (χ4v) is 5.24. The lowest BCUT2D eigenvalue weighted by atomic mass is 10.1. The molecule has 12 heteroatoms. The number of ether oxygens (including phenoxy) is 1. The molecule has 12 nitrogen and oxygen atoms in total. The Labute approximate surface area is 236 Å². The van der Waals surface area contributed by atoms with Gasteiger partial charge in [-0.05, 0) is 31.2 Å². The van der Waals surface area contributed by atoms with Gasteiger partial charge in [-0.3, -0.25) is 4.79 Å². The Kier molecular flexibility index (Phi) is 7.83. The topological polar surface area (TPSA) is 170 Å². The SMILES string of the molecule is CC(=O)[O-].COc1cc(-c2nn(C3CC[NH2+]CC3)c3ncnc(N)c23)ccc1NC(=O)c1cc2ccccc2n1C. The minimum atomic E-state index is -1.08. The molecule has 5 aromatic rings. The molecule has 0 aliphatic carbocycles. The minimum absolute atomic E-state index is 0.216. The van der Waals surface area contributed by atoms with Crippen molar-refractivity contribution in [3.63, 3.8) is 0 Å². The molecule has 0 unspecified atom stereocenters. The van der Waals surface area contributed by atoms with Gasteiger partial charge >= 0.3 is 0 Å². The molecule has 2 aromatic carbocycles. The lowest BCUT2D eigenvalue weighted by molar-refractivity contribution is -0.664. The van der Waals surface area contributed by atoms with Crippen LogP contribution in [-0.4, -0.2) is 56.4 Å². The van der Waals surface area contributed by atoms with E-state index in [4.69, 9.17) is 25.5 Å². The Hall–Kier alpha value is -4.97. The highest BCUT2D eigenvalue weighted by atomic mass is 16.5. The average molecular weight is 557 g/mol. The number of anilines is 2. The number of carbonyl (C=O) groups is 2. The molecule has 1 fully saturated rings. The molecule has 1 amide bonds. The number of piperidine rings is 1. The molecule has 0 spiro atoms. The maximum atomic E-state index is 13.2. The van der Waals surface area contributed by atoms with E-state index in [2.05, 4.69) is 20.6 Å². The number of aromatic nitrogens is 5. The van der Waals surface area contributed by atoms with Crippen LogP contribution >= 0.6 is 0 Å². The summed E-state index contributed by atoms with van der Waals surface area (Å²) in [6.07, 6.45) is 3.52. The van der Waals surface area contributed by atoms with Gasteiger partial charge in [0.05, 0.1) is 37.3 Å². The van der Waals surface area contributed by atoms with E-state index in [1.54, 1.807) is 7.11 Å². The zero-order valence-electron chi connectivity index (χ0n) is 23.1. The molecule has 5 N–H and O–H groups in total. The number of methoxy groups -OCH3 is 1. The average Bonchev–Trinajstić information content (AvgIpc) is 3.53. The fourth-order valence-electron chi connectivity index (χ4n) is 5.24. The molecule has 41 heavy (non-hydrogen) atoms. The number of rotatable bonds is 5. The van der Waals surface area contributed by atoms with Crippen LogP contribution in [0.4, 0.5) is 11.5 Å². The summed E-state index contributed by atoms with van der Waals surface area (Å²) in [4.78, 5) is 30.8. The number of carbonyl (C=O) groups excluding carboxylic acids is 2. The van der Waals surface area contributed by atoms with Crippen LogP contribution in [0, 0.1) is 0 Å². The number of aliphatic carboxylic acids is 1. The molecular formula is C29H32N8O4. The summed E-state index contributed by atoms with van der Waals surface area (Å²) in [5.41, 5.74) is 10.7. The number of aryl methyl sites for hydroxylation is 1. The number of hydrogen-bond acceptors (Lipinski definition) is 8. The van der Waals surface area contributed by atoms with E-state index in [-0.39, 0.29) is 11.9 Å². The van der Waals surface area contributed by atoms with Crippen LogP contribution in [0.1, 0.15) is 36.3 Å². The van der Waals surface area contributed by atoms with Crippen molar-refractivity contribution >= 4 is 45.3 Å². The monoisotopic (exact) mass is 556 g/mol. The predicted octanol–water partition coefficient (Wildman–Crippen LogP) is 1.48. The largest absolute Gasteiger partial charge is 0.550 e. The zero-order chi connectivity index (χ0) is 29.1. The van der Waals surface area contributed by atoms with Gasteiger partial charge in [0.15, 0.2) is 5.65 Å². The Bertz CT molecular complexity index is 1730. The van der Waals surface area contributed by atoms with E-state index in [1.807, 2.05) is 64.8 Å². The number of nitrogens with zero attached hydrogens (tertiary/aromatic N) is 5. The number of nitrogens with two attached hydrogens (primary N) is 2. The van der Waals surface area contributed by atoms with E-state index >= 15 is 0 Å². The Morgan fingerprint density at radius 3 is 2.56 bits per heavy atom. The van der Waals surface area contributed by atoms with Crippen LogP contribution in [-0.2, 0) is 11.8 Å². The van der Waals surface area contributed by atoms with Crippen LogP contribution < -0.4 is 26.2 Å². The normalized spacial score (nSPS) is 13.5. The van der Waals surface area contributed by atoms with Crippen molar-refractivity contribution in [2.24, 2.45) is 7.05 Å². The molecule has 4 heterocycles. The Balaban J connectivity index is 0.000000794. The maximum Gasteiger partial charge on any atom is 0.272 e. The van der Waals surface area contributed by atoms with Gasteiger partial charge < -0.3 is 35.6 Å². The van der Waals surface area contributed by atoms with Crippen molar-refractivity contribution in [3.05, 3.63) is 60.6 Å². The molecule has 0 bridgehead atoms. The van der Waals surface area contributed by atoms with E-state index in [0.29, 0.717) is 28.6 Å². The van der Waals surface area contributed by atoms with Crippen LogP contribution in [0.5, 0.6) is 5.75 Å². The molecule has 3 aromatic heterocycles. The summed E-state index contributed by atoms with van der Waals surface area (Å²) in [5, 5.41) is 20.9. The summed E-state index contributed by atoms with van der Waals surface area (Å²) in [7, 11) is 3.47. The number of carboxylic acids is 1. The number of para-hydroxylation sites is 1. The number of carboxylic acid groups (broad SMARTS) is 1. The van der Waals surface area contributed by atoms with Crippen LogP contribution in [0.3, 0.4) is 0 Å². The zero-order valence-corrected chi connectivity index (χ0v) is 23.1. The molecule has 0 atom stereocenters. The number of fused-ring (bicyclic) bond motifs is 2. The van der Waals surface area contributed by atoms with Gasteiger partial charge in [-0.2, -0.15) is 5.10 Å². The highest BCUT2D eigenvalue weighted by Gasteiger charge is 2.25. The molecule has 1 saturated heterocycles. The van der Waals surface area contributed by atoms with Gasteiger partial charge in [0.25, 0.3) is 5.91 Å². The molecule has 6 rings (SSSR count). The summed E-state index contributed by atoms with van der Waals surface area (Å²) in [6.45, 7) is 3.09. The molecule has 212 valence electrons. The summed E-state index contributed by atoms with van der Waals surface area (Å²) in [6, 6.07) is 15.7. The minimum Gasteiger partial charge on any atom is -0.550 e. The number of benzene rings is 2. The van der Waals surface area contributed by atoms with Crippen LogP contribution in [0.25, 0.3) is 33.2 Å². The Morgan fingerprint density at radius 2 is 1.85 bits per heavy atom. The summed E-state index contributed by atoms with van der Waals surface area (Å²) < 4.78 is 9.56. The maximum absolute atomic E-state index is 13.2. The predicted molar refractivity (Wildman–Crippen MR) is 153 cm³/mol. The van der Waals surface area contributed by atoms with Crippen LogP contribution in [0.15, 0.2) is 54.9 Å². The molecule has 1 aliphatic rings. The summed E-state index contributed by atoms with van der Waals surface area (Å²) >= 11 is 0. The van der Waals surface area contributed by atoms with Gasteiger partial charge in [-0.1, -0.05) is 24.3 Å². The highest BCUT2D eigenvalue weighted by molar-refractivity contribution is 6.07. The molecular weight excluding hydrogens is 524 g/mol. The number of nitrogen functional groups attached to an aromatic ring is 1. The second-order valence-corrected chi connectivity index (χ2v) is 9.86. The van der Waals surface area contributed by atoms with Gasteiger partial charge in [0.1, 0.15) is 29.3 Å². The van der Waals surface area contributed by atoms with E-state index < -0.39 is 5.97 Å². The molecule has 1 aliphatic heterocycles. The number of hydrogen-bond donors (Lipinski definition) is 3. The first kappa shape index (κ1) is 27.6. The summed E-state index contributed by atoms with van der Waals surface area (Å²) in [5.74, 6) is -0.387. The first-order valence-electron chi connectivity index (χ1n) is 13.3. The van der Waals surface area contributed by atoms with E-state index in [1.165, 1.54) is 6.33 Å². The van der Waals surface area contributed by atoms with E-state index in [9.17, 15) is 4.79 Å². The smallest absolute Gasteiger partial charge is 0.272 e. The van der Waals surface area contributed by atoms with Crippen molar-refractivity contribution in [1.29, 1.82) is 0 Å². The third-order valence-corrected chi connectivity index (χ3v) is 7.18. The highest BCUT2D eigenvalue weighted by Crippen LogP contribution is 2.37. The van der Waals surface area contributed by atoms with E-state index in [0.717, 1.165) is 60.4 Å². The van der Waals surface area contributed by atoms with Gasteiger partial charge in [-0.25, -0.2) is 14.6 Å². The van der Waals surface area contributed by atoms with Gasteiger partial charge in [0.2, 0.25) is 0 Å². The third-order valence-electron chi connectivity index (χ3n) is 7.18. The quantitative estimate of drug-likeness (QED) is 0.292. The second kappa shape index (κ2) is 11.6. The first-order valence-corrected chi connectivity index (χ1v) is 13.3. The standard InChI is InChI=1S/C27H28N8O2.C2H4O2/c1-34-20-6-4-3-5-16(20)13-21(34)27(36)32-19-8-7-17(14-22(19)37-2)24-23-25(28)30-15-31-26(23)35(33-24)18-9-11-29-12-10-18;1-2(3)4/h3-8,13-15,18,29H,9-12H2,1-2H3,(H,32,36)(H2,28,30,31);1H3,(H,3,4). The molecule has 0 radical (unpaired) electrons. The van der Waals surface area contributed by atoms with Crippen molar-refractivity contribution < 1.29 is 24.7 Å². The van der Waals surface area contributed by atoms with Gasteiger partial charge in [-0.15, -0.1) is 0 Å². The van der Waals surface area contributed by atoms with Crippen molar-refractivity contribution in [2.45, 2.75) is 25.8 Å². The number of quaternary nitrogens is 1. The first-order chi connectivity index (χ1) is 19.8. The number of nitrogens with one attached hydrogen (secondary N) is 1. The van der Waals surface area contributed by atoms with Gasteiger partial charge in [0, 0.05) is 42.3 Å². The van der Waals surface area contributed by atoms with Crippen molar-refractivity contribution in [1.82, 2.24) is 24.3 Å². The second-order valence-electron chi connectivity index (χ2n) is 9.86. The lowest BCUT2D eigenvalue weighted by Crippen LogP contribution is -2.86. The van der Waals surface area contributed by atoms with Crippen molar-refractivity contribution in [2.75, 3.05) is 31.2 Å². The van der Waals surface area contributed by atoms with Crippen molar-refractivity contribution in [3.8, 4) is 17.0 Å². The molecule has 0 saturated carbocycles. The number of amides is 1. The third kappa shape index (κ3) is 5.54. The van der Waals surface area contributed by atoms with Crippen LogP contribution in [0.2, 0.25) is 0 Å². The fraction of sp³-hybridized carbons (Fsp3) is 0.276.